The van der Waals surface area contributed by atoms with Crippen molar-refractivity contribution >= 4 is 16.9 Å². The van der Waals surface area contributed by atoms with E-state index in [1.807, 2.05) is 62.4 Å². The summed E-state index contributed by atoms with van der Waals surface area (Å²) in [5, 5.41) is 10.4. The van der Waals surface area contributed by atoms with Gasteiger partial charge in [-0.25, -0.2) is 4.79 Å². The second-order valence-corrected chi connectivity index (χ2v) is 8.56. The van der Waals surface area contributed by atoms with Crippen molar-refractivity contribution in [3.05, 3.63) is 90.1 Å². The number of carbonyl (C=O) groups is 1. The monoisotopic (exact) mass is 487 g/mol. The fraction of sp³-hybridized carbons (Fsp3) is 0.241. The summed E-state index contributed by atoms with van der Waals surface area (Å²) < 4.78 is 23.2. The fourth-order valence-electron chi connectivity index (χ4n) is 3.73. The zero-order valence-corrected chi connectivity index (χ0v) is 20.5. The van der Waals surface area contributed by atoms with E-state index in [4.69, 9.17) is 18.9 Å². The first-order valence-electron chi connectivity index (χ1n) is 11.7. The molecule has 186 valence electrons. The number of ether oxygens (including phenoxy) is 4. The van der Waals surface area contributed by atoms with E-state index in [1.165, 1.54) is 0 Å². The second kappa shape index (κ2) is 11.4. The zero-order valence-electron chi connectivity index (χ0n) is 20.5. The molecule has 4 aromatic rings. The number of carboxylic acid groups (broad SMARTS) is 1. The maximum Gasteiger partial charge on any atom is 0.345 e. The first-order valence-corrected chi connectivity index (χ1v) is 11.7. The number of nitrogens with zero attached hydrogens (tertiary/aromatic N) is 1. The first-order chi connectivity index (χ1) is 17.4. The van der Waals surface area contributed by atoms with E-state index in [9.17, 15) is 9.90 Å². The van der Waals surface area contributed by atoms with E-state index in [1.54, 1.807) is 37.6 Å². The standard InChI is InChI=1S/C29H29NO6/c1-19(2)35-28-21(17-30-26-14-13-24(33-3)16-25(26)28)18-34-22-11-9-20(10-12-22)15-27(29(31)32)36-23-7-5-4-6-8-23/h4-14,16-17,19,27H,15,18H2,1-3H3,(H,31,32). The summed E-state index contributed by atoms with van der Waals surface area (Å²) >= 11 is 0. The van der Waals surface area contributed by atoms with Crippen LogP contribution in [0.15, 0.2) is 79.0 Å². The van der Waals surface area contributed by atoms with Gasteiger partial charge in [-0.2, -0.15) is 0 Å². The molecule has 0 aliphatic heterocycles. The Balaban J connectivity index is 1.47. The van der Waals surface area contributed by atoms with E-state index in [2.05, 4.69) is 4.98 Å². The van der Waals surface area contributed by atoms with Crippen molar-refractivity contribution < 1.29 is 28.8 Å². The molecule has 1 aromatic heterocycles. The molecule has 4 rings (SSSR count). The predicted octanol–water partition coefficient (Wildman–Crippen LogP) is 5.68. The number of rotatable bonds is 11. The molecule has 0 aliphatic rings. The van der Waals surface area contributed by atoms with Crippen LogP contribution in [0.25, 0.3) is 10.9 Å². The molecule has 1 heterocycles. The molecule has 0 aliphatic carbocycles. The van der Waals surface area contributed by atoms with Gasteiger partial charge >= 0.3 is 5.97 Å². The highest BCUT2D eigenvalue weighted by Gasteiger charge is 2.20. The van der Waals surface area contributed by atoms with E-state index < -0.39 is 12.1 Å². The molecule has 7 nitrogen and oxygen atoms in total. The minimum atomic E-state index is -1.02. The number of benzene rings is 3. The number of methoxy groups -OCH3 is 1. The van der Waals surface area contributed by atoms with Crippen LogP contribution in [0, 0.1) is 0 Å². The molecule has 0 saturated heterocycles. The zero-order chi connectivity index (χ0) is 25.5. The average molecular weight is 488 g/mol. The molecule has 36 heavy (non-hydrogen) atoms. The number of aliphatic carboxylic acids is 1. The highest BCUT2D eigenvalue weighted by atomic mass is 16.5. The number of carboxylic acids is 1. The number of para-hydroxylation sites is 1. The lowest BCUT2D eigenvalue weighted by Gasteiger charge is -2.18. The van der Waals surface area contributed by atoms with E-state index in [0.29, 0.717) is 17.2 Å². The van der Waals surface area contributed by atoms with Gasteiger partial charge in [0.15, 0.2) is 6.10 Å². The van der Waals surface area contributed by atoms with Gasteiger partial charge in [-0.05, 0) is 61.9 Å². The van der Waals surface area contributed by atoms with Crippen LogP contribution >= 0.6 is 0 Å². The maximum absolute atomic E-state index is 11.7. The van der Waals surface area contributed by atoms with Crippen LogP contribution in [0.4, 0.5) is 0 Å². The molecule has 0 saturated carbocycles. The Kier molecular flexibility index (Phi) is 7.90. The highest BCUT2D eigenvalue weighted by Crippen LogP contribution is 2.33. The number of fused-ring (bicyclic) bond motifs is 1. The molecule has 0 fully saturated rings. The molecule has 0 spiro atoms. The summed E-state index contributed by atoms with van der Waals surface area (Å²) in [5.41, 5.74) is 2.45. The third-order valence-corrected chi connectivity index (χ3v) is 5.49. The van der Waals surface area contributed by atoms with Crippen molar-refractivity contribution in [3.8, 4) is 23.0 Å². The number of hydrogen-bond donors (Lipinski definition) is 1. The second-order valence-electron chi connectivity index (χ2n) is 8.56. The largest absolute Gasteiger partial charge is 0.497 e. The molecular formula is C29H29NO6. The van der Waals surface area contributed by atoms with Gasteiger partial charge in [0.1, 0.15) is 29.6 Å². The molecule has 0 amide bonds. The third kappa shape index (κ3) is 6.24. The van der Waals surface area contributed by atoms with Crippen molar-refractivity contribution in [2.45, 2.75) is 39.1 Å². The van der Waals surface area contributed by atoms with Crippen LogP contribution in [0.5, 0.6) is 23.0 Å². The molecule has 0 radical (unpaired) electrons. The van der Waals surface area contributed by atoms with Crippen molar-refractivity contribution in [2.24, 2.45) is 0 Å². The van der Waals surface area contributed by atoms with E-state index >= 15 is 0 Å². The van der Waals surface area contributed by atoms with Crippen LogP contribution < -0.4 is 18.9 Å². The summed E-state index contributed by atoms with van der Waals surface area (Å²) in [7, 11) is 1.63. The average Bonchev–Trinajstić information content (AvgIpc) is 2.88. The summed E-state index contributed by atoms with van der Waals surface area (Å²) in [5.74, 6) is 1.59. The predicted molar refractivity (Wildman–Crippen MR) is 137 cm³/mol. The van der Waals surface area contributed by atoms with Crippen LogP contribution in [0.2, 0.25) is 0 Å². The Morgan fingerprint density at radius 1 is 0.917 bits per heavy atom. The van der Waals surface area contributed by atoms with Crippen LogP contribution in [0.3, 0.4) is 0 Å². The van der Waals surface area contributed by atoms with Gasteiger partial charge in [0.05, 0.1) is 24.3 Å². The Labute approximate surface area is 210 Å². The summed E-state index contributed by atoms with van der Waals surface area (Å²) in [6.45, 7) is 4.21. The molecule has 1 N–H and O–H groups in total. The van der Waals surface area contributed by atoms with Gasteiger partial charge in [-0.15, -0.1) is 0 Å². The van der Waals surface area contributed by atoms with Gasteiger partial charge in [-0.3, -0.25) is 4.98 Å². The quantitative estimate of drug-likeness (QED) is 0.291. The van der Waals surface area contributed by atoms with Gasteiger partial charge in [0, 0.05) is 18.0 Å². The van der Waals surface area contributed by atoms with Crippen molar-refractivity contribution in [3.63, 3.8) is 0 Å². The molecular weight excluding hydrogens is 458 g/mol. The highest BCUT2D eigenvalue weighted by molar-refractivity contribution is 5.87. The SMILES string of the molecule is COc1ccc2ncc(COc3ccc(CC(Oc4ccccc4)C(=O)O)cc3)c(OC(C)C)c2c1. The van der Waals surface area contributed by atoms with E-state index in [0.717, 1.165) is 27.8 Å². The lowest BCUT2D eigenvalue weighted by atomic mass is 10.1. The van der Waals surface area contributed by atoms with Gasteiger partial charge < -0.3 is 24.1 Å². The molecule has 1 unspecified atom stereocenters. The normalized spacial score (nSPS) is 11.8. The molecule has 1 atom stereocenters. The van der Waals surface area contributed by atoms with Crippen molar-refractivity contribution in [1.29, 1.82) is 0 Å². The summed E-state index contributed by atoms with van der Waals surface area (Å²) in [6, 6.07) is 21.9. The van der Waals surface area contributed by atoms with Gasteiger partial charge in [0.2, 0.25) is 0 Å². The van der Waals surface area contributed by atoms with Gasteiger partial charge in [0.25, 0.3) is 0 Å². The minimum absolute atomic E-state index is 0.0277. The minimum Gasteiger partial charge on any atom is -0.497 e. The summed E-state index contributed by atoms with van der Waals surface area (Å²) in [6.07, 6.45) is 0.975. The molecule has 3 aromatic carbocycles. The Hall–Kier alpha value is -4.26. The Morgan fingerprint density at radius 2 is 1.64 bits per heavy atom. The van der Waals surface area contributed by atoms with Crippen molar-refractivity contribution in [1.82, 2.24) is 4.98 Å². The lowest BCUT2D eigenvalue weighted by molar-refractivity contribution is -0.145. The third-order valence-electron chi connectivity index (χ3n) is 5.49. The van der Waals surface area contributed by atoms with Crippen molar-refractivity contribution in [2.75, 3.05) is 7.11 Å². The number of pyridine rings is 1. The maximum atomic E-state index is 11.7. The fourth-order valence-corrected chi connectivity index (χ4v) is 3.73. The summed E-state index contributed by atoms with van der Waals surface area (Å²) in [4.78, 5) is 16.3. The Bertz CT molecular complexity index is 1300. The molecule has 0 bridgehead atoms. The lowest BCUT2D eigenvalue weighted by Crippen LogP contribution is -2.29. The van der Waals surface area contributed by atoms with Crippen LogP contribution in [-0.4, -0.2) is 35.4 Å². The first kappa shape index (κ1) is 24.9. The molecule has 7 heteroatoms. The number of aromatic nitrogens is 1. The van der Waals surface area contributed by atoms with Crippen LogP contribution in [-0.2, 0) is 17.8 Å². The van der Waals surface area contributed by atoms with Gasteiger partial charge in [-0.1, -0.05) is 30.3 Å². The van der Waals surface area contributed by atoms with Crippen LogP contribution in [0.1, 0.15) is 25.0 Å². The van der Waals surface area contributed by atoms with E-state index in [-0.39, 0.29) is 19.1 Å². The topological polar surface area (TPSA) is 87.1 Å². The number of hydrogen-bond acceptors (Lipinski definition) is 6. The smallest absolute Gasteiger partial charge is 0.345 e. The Morgan fingerprint density at radius 3 is 2.31 bits per heavy atom.